The normalized spacial score (nSPS) is 15.4. The highest BCUT2D eigenvalue weighted by atomic mass is 16.4. The van der Waals surface area contributed by atoms with E-state index in [1.54, 1.807) is 4.90 Å². The molecular formula is C12H19N3O6. The van der Waals surface area contributed by atoms with Crippen molar-refractivity contribution in [2.45, 2.75) is 25.8 Å². The minimum absolute atomic E-state index is 0.258. The number of nitrogens with zero attached hydrogens (tertiary/aromatic N) is 2. The van der Waals surface area contributed by atoms with Crippen LogP contribution in [-0.4, -0.2) is 76.1 Å². The number of carbonyl (C=O) groups is 4. The van der Waals surface area contributed by atoms with E-state index < -0.39 is 37.1 Å². The lowest BCUT2D eigenvalue weighted by molar-refractivity contribution is -0.140. The minimum atomic E-state index is -1.33. The standard InChI is InChI=1S/C12H19N3O6/c1-8(11(20)14-4-2-3-5-14)13-12(21)15(6-9(16)17)7-10(18)19/h8H,2-7H2,1H3,(H,13,21)(H,16,17)(H,18,19). The molecule has 0 aromatic carbocycles. The zero-order chi connectivity index (χ0) is 16.0. The van der Waals surface area contributed by atoms with E-state index in [-0.39, 0.29) is 5.91 Å². The molecule has 0 aromatic rings. The third-order valence-electron chi connectivity index (χ3n) is 3.07. The van der Waals surface area contributed by atoms with E-state index in [4.69, 9.17) is 10.2 Å². The van der Waals surface area contributed by atoms with Gasteiger partial charge in [0.25, 0.3) is 0 Å². The van der Waals surface area contributed by atoms with Crippen LogP contribution in [-0.2, 0) is 14.4 Å². The summed E-state index contributed by atoms with van der Waals surface area (Å²) in [5.41, 5.74) is 0. The largest absolute Gasteiger partial charge is 0.480 e. The average Bonchev–Trinajstić information content (AvgIpc) is 2.89. The number of likely N-dealkylation sites (tertiary alicyclic amines) is 1. The van der Waals surface area contributed by atoms with Gasteiger partial charge in [0.1, 0.15) is 19.1 Å². The summed E-state index contributed by atoms with van der Waals surface area (Å²) in [6.45, 7) is 1.25. The van der Waals surface area contributed by atoms with Gasteiger partial charge in [-0.1, -0.05) is 0 Å². The number of hydrogen-bond acceptors (Lipinski definition) is 4. The first-order chi connectivity index (χ1) is 9.81. The van der Waals surface area contributed by atoms with E-state index in [2.05, 4.69) is 5.32 Å². The first-order valence-electron chi connectivity index (χ1n) is 6.59. The van der Waals surface area contributed by atoms with Crippen molar-refractivity contribution in [1.82, 2.24) is 15.1 Å². The van der Waals surface area contributed by atoms with Crippen LogP contribution in [0.15, 0.2) is 0 Å². The highest BCUT2D eigenvalue weighted by Gasteiger charge is 2.27. The van der Waals surface area contributed by atoms with Crippen molar-refractivity contribution in [3.63, 3.8) is 0 Å². The van der Waals surface area contributed by atoms with Crippen molar-refractivity contribution in [1.29, 1.82) is 0 Å². The Balaban J connectivity index is 2.59. The summed E-state index contributed by atoms with van der Waals surface area (Å²) in [5, 5.41) is 19.7. The summed E-state index contributed by atoms with van der Waals surface area (Å²) >= 11 is 0. The molecule has 0 aliphatic carbocycles. The predicted molar refractivity (Wildman–Crippen MR) is 70.7 cm³/mol. The molecule has 1 atom stereocenters. The van der Waals surface area contributed by atoms with Crippen molar-refractivity contribution in [3.05, 3.63) is 0 Å². The van der Waals surface area contributed by atoms with Gasteiger partial charge in [0.2, 0.25) is 5.91 Å². The van der Waals surface area contributed by atoms with Crippen LogP contribution in [0.3, 0.4) is 0 Å². The monoisotopic (exact) mass is 301 g/mol. The molecule has 118 valence electrons. The van der Waals surface area contributed by atoms with E-state index in [1.165, 1.54) is 6.92 Å². The summed E-state index contributed by atoms with van der Waals surface area (Å²) in [5.74, 6) is -2.92. The molecule has 0 bridgehead atoms. The van der Waals surface area contributed by atoms with Crippen molar-refractivity contribution in [2.75, 3.05) is 26.2 Å². The quantitative estimate of drug-likeness (QED) is 0.588. The van der Waals surface area contributed by atoms with E-state index >= 15 is 0 Å². The molecule has 1 fully saturated rings. The lowest BCUT2D eigenvalue weighted by Crippen LogP contribution is -2.52. The molecule has 1 saturated heterocycles. The Labute approximate surface area is 121 Å². The number of nitrogens with one attached hydrogen (secondary N) is 1. The van der Waals surface area contributed by atoms with E-state index in [9.17, 15) is 19.2 Å². The van der Waals surface area contributed by atoms with Crippen molar-refractivity contribution >= 4 is 23.9 Å². The molecule has 3 N–H and O–H groups in total. The van der Waals surface area contributed by atoms with Crippen LogP contribution in [0.1, 0.15) is 19.8 Å². The van der Waals surface area contributed by atoms with Gasteiger partial charge in [-0.15, -0.1) is 0 Å². The van der Waals surface area contributed by atoms with Gasteiger partial charge in [0.15, 0.2) is 0 Å². The number of aliphatic carboxylic acids is 2. The van der Waals surface area contributed by atoms with Crippen LogP contribution >= 0.6 is 0 Å². The van der Waals surface area contributed by atoms with E-state index in [0.717, 1.165) is 12.8 Å². The number of carbonyl (C=O) groups excluding carboxylic acids is 2. The third kappa shape index (κ3) is 5.28. The minimum Gasteiger partial charge on any atom is -0.480 e. The fourth-order valence-electron chi connectivity index (χ4n) is 2.08. The lowest BCUT2D eigenvalue weighted by Gasteiger charge is -2.24. The molecule has 3 amide bonds. The Bertz CT molecular complexity index is 417. The number of amides is 3. The molecule has 1 heterocycles. The van der Waals surface area contributed by atoms with Gasteiger partial charge in [0.05, 0.1) is 0 Å². The summed E-state index contributed by atoms with van der Waals surface area (Å²) in [6, 6.07) is -1.72. The van der Waals surface area contributed by atoms with E-state index in [0.29, 0.717) is 18.0 Å². The predicted octanol–water partition coefficient (Wildman–Crippen LogP) is -0.822. The molecular weight excluding hydrogens is 282 g/mol. The molecule has 0 spiro atoms. The first kappa shape index (κ1) is 16.7. The lowest BCUT2D eigenvalue weighted by atomic mass is 10.3. The molecule has 21 heavy (non-hydrogen) atoms. The maximum atomic E-state index is 12.0. The Morgan fingerprint density at radius 1 is 1.10 bits per heavy atom. The fourth-order valence-corrected chi connectivity index (χ4v) is 2.08. The molecule has 1 aliphatic heterocycles. The highest BCUT2D eigenvalue weighted by molar-refractivity contribution is 5.89. The second-order valence-corrected chi connectivity index (χ2v) is 4.85. The number of carboxylic acid groups (broad SMARTS) is 2. The molecule has 1 aliphatic rings. The first-order valence-corrected chi connectivity index (χ1v) is 6.59. The Morgan fingerprint density at radius 3 is 2.00 bits per heavy atom. The number of carboxylic acids is 2. The summed E-state index contributed by atoms with van der Waals surface area (Å²) < 4.78 is 0. The van der Waals surface area contributed by atoms with Crippen LogP contribution in [0.5, 0.6) is 0 Å². The van der Waals surface area contributed by atoms with Gasteiger partial charge >= 0.3 is 18.0 Å². The second-order valence-electron chi connectivity index (χ2n) is 4.85. The SMILES string of the molecule is CC(NC(=O)N(CC(=O)O)CC(=O)O)C(=O)N1CCCC1. The van der Waals surface area contributed by atoms with Gasteiger partial charge in [-0.3, -0.25) is 14.4 Å². The highest BCUT2D eigenvalue weighted by Crippen LogP contribution is 2.09. The smallest absolute Gasteiger partial charge is 0.323 e. The van der Waals surface area contributed by atoms with Crippen molar-refractivity contribution in [3.8, 4) is 0 Å². The Kier molecular flexibility index (Phi) is 5.94. The molecule has 1 rings (SSSR count). The molecule has 9 nitrogen and oxygen atoms in total. The number of rotatable bonds is 6. The second kappa shape index (κ2) is 7.46. The molecule has 9 heteroatoms. The van der Waals surface area contributed by atoms with Crippen LogP contribution in [0.4, 0.5) is 4.79 Å². The van der Waals surface area contributed by atoms with Gasteiger partial charge < -0.3 is 25.3 Å². The summed E-state index contributed by atoms with van der Waals surface area (Å²) in [7, 11) is 0. The summed E-state index contributed by atoms with van der Waals surface area (Å²) in [4.78, 5) is 47.4. The van der Waals surface area contributed by atoms with Crippen molar-refractivity contribution < 1.29 is 29.4 Å². The van der Waals surface area contributed by atoms with Gasteiger partial charge in [-0.05, 0) is 19.8 Å². The van der Waals surface area contributed by atoms with Crippen LogP contribution in [0.25, 0.3) is 0 Å². The molecule has 1 unspecified atom stereocenters. The zero-order valence-corrected chi connectivity index (χ0v) is 11.7. The van der Waals surface area contributed by atoms with E-state index in [1.807, 2.05) is 0 Å². The maximum absolute atomic E-state index is 12.0. The van der Waals surface area contributed by atoms with Gasteiger partial charge in [-0.25, -0.2) is 4.79 Å². The Morgan fingerprint density at radius 2 is 1.57 bits per heavy atom. The van der Waals surface area contributed by atoms with Crippen LogP contribution in [0, 0.1) is 0 Å². The van der Waals surface area contributed by atoms with Crippen LogP contribution < -0.4 is 5.32 Å². The number of urea groups is 1. The maximum Gasteiger partial charge on any atom is 0.323 e. The topological polar surface area (TPSA) is 127 Å². The third-order valence-corrected chi connectivity index (χ3v) is 3.07. The zero-order valence-electron chi connectivity index (χ0n) is 11.7. The summed E-state index contributed by atoms with van der Waals surface area (Å²) in [6.07, 6.45) is 1.83. The molecule has 0 radical (unpaired) electrons. The Hall–Kier alpha value is -2.32. The van der Waals surface area contributed by atoms with Gasteiger partial charge in [0, 0.05) is 13.1 Å². The van der Waals surface area contributed by atoms with Gasteiger partial charge in [-0.2, -0.15) is 0 Å². The molecule has 0 saturated carbocycles. The average molecular weight is 301 g/mol. The van der Waals surface area contributed by atoms with Crippen LogP contribution in [0.2, 0.25) is 0 Å². The number of hydrogen-bond donors (Lipinski definition) is 3. The van der Waals surface area contributed by atoms with Crippen molar-refractivity contribution in [2.24, 2.45) is 0 Å². The fraction of sp³-hybridized carbons (Fsp3) is 0.667. The molecule has 0 aromatic heterocycles.